The molecule has 0 fully saturated rings. The molecular weight excluding hydrogens is 642 g/mol. The molecule has 1 heterocycles. The van der Waals surface area contributed by atoms with E-state index in [4.69, 9.17) is 9.47 Å². The summed E-state index contributed by atoms with van der Waals surface area (Å²) in [7, 11) is 1.58. The maximum Gasteiger partial charge on any atom is 0.282 e. The predicted molar refractivity (Wildman–Crippen MR) is 150 cm³/mol. The van der Waals surface area contributed by atoms with Crippen molar-refractivity contribution < 1.29 is 9.47 Å². The molecule has 0 aliphatic carbocycles. The Hall–Kier alpha value is -2.49. The van der Waals surface area contributed by atoms with Crippen molar-refractivity contribution in [2.24, 2.45) is 5.10 Å². The summed E-state index contributed by atoms with van der Waals surface area (Å²) >= 11 is 10.7. The Labute approximate surface area is 228 Å². The third kappa shape index (κ3) is 5.52. The van der Waals surface area contributed by atoms with E-state index < -0.39 is 0 Å². The van der Waals surface area contributed by atoms with Crippen LogP contribution in [0.25, 0.3) is 10.9 Å². The van der Waals surface area contributed by atoms with Crippen LogP contribution in [0, 0.1) is 6.92 Å². The fraction of sp³-hybridized carbons (Fsp3) is 0.192. The maximum atomic E-state index is 13.2. The Bertz CT molecular complexity index is 1480. The Kier molecular flexibility index (Phi) is 8.09. The second kappa shape index (κ2) is 11.1. The Morgan fingerprint density at radius 2 is 1.80 bits per heavy atom. The molecule has 0 N–H and O–H groups in total. The zero-order chi connectivity index (χ0) is 25.1. The third-order valence-electron chi connectivity index (χ3n) is 5.38. The van der Waals surface area contributed by atoms with Gasteiger partial charge in [0.1, 0.15) is 12.4 Å². The van der Waals surface area contributed by atoms with Crippen molar-refractivity contribution in [2.45, 2.75) is 26.9 Å². The van der Waals surface area contributed by atoms with Crippen molar-refractivity contribution in [1.29, 1.82) is 0 Å². The predicted octanol–water partition coefficient (Wildman–Crippen LogP) is 7.02. The van der Waals surface area contributed by atoms with E-state index in [1.165, 1.54) is 10.2 Å². The molecule has 4 aromatic rings. The molecule has 0 spiro atoms. The summed E-state index contributed by atoms with van der Waals surface area (Å²) in [5.74, 6) is 1.68. The first kappa shape index (κ1) is 25.6. The van der Waals surface area contributed by atoms with Gasteiger partial charge in [-0.05, 0) is 68.6 Å². The van der Waals surface area contributed by atoms with Crippen LogP contribution in [-0.4, -0.2) is 23.0 Å². The number of methoxy groups -OCH3 is 1. The first-order chi connectivity index (χ1) is 16.8. The van der Waals surface area contributed by atoms with Gasteiger partial charge in [-0.3, -0.25) is 4.79 Å². The molecule has 0 atom stereocenters. The van der Waals surface area contributed by atoms with Gasteiger partial charge in [0.05, 0.1) is 28.7 Å². The molecular formula is C26H22Br3N3O3. The molecule has 3 aromatic carbocycles. The lowest BCUT2D eigenvalue weighted by molar-refractivity contribution is 0.282. The molecule has 0 amide bonds. The number of fused-ring (bicyclic) bond motifs is 1. The summed E-state index contributed by atoms with van der Waals surface area (Å²) in [6.45, 7) is 4.38. The number of benzene rings is 3. The van der Waals surface area contributed by atoms with Crippen LogP contribution in [0.2, 0.25) is 0 Å². The summed E-state index contributed by atoms with van der Waals surface area (Å²) in [5, 5.41) is 4.98. The monoisotopic (exact) mass is 661 g/mol. The summed E-state index contributed by atoms with van der Waals surface area (Å²) in [4.78, 5) is 17.8. The fourth-order valence-corrected chi connectivity index (χ4v) is 4.78. The second-order valence-corrected chi connectivity index (χ2v) is 10.3. The Balaban J connectivity index is 1.70. The smallest absolute Gasteiger partial charge is 0.282 e. The van der Waals surface area contributed by atoms with Crippen molar-refractivity contribution >= 4 is 64.9 Å². The minimum atomic E-state index is -0.232. The van der Waals surface area contributed by atoms with Gasteiger partial charge in [0.25, 0.3) is 5.56 Å². The van der Waals surface area contributed by atoms with Crippen molar-refractivity contribution in [1.82, 2.24) is 9.66 Å². The van der Waals surface area contributed by atoms with Crippen molar-refractivity contribution in [3.63, 3.8) is 0 Å². The van der Waals surface area contributed by atoms with E-state index in [2.05, 4.69) is 57.9 Å². The molecule has 0 aliphatic heterocycles. The fourth-order valence-electron chi connectivity index (χ4n) is 3.49. The second-order valence-electron chi connectivity index (χ2n) is 7.80. The molecule has 0 radical (unpaired) electrons. The number of aryl methyl sites for hydroxylation is 2. The van der Waals surface area contributed by atoms with E-state index in [1.807, 2.05) is 56.3 Å². The van der Waals surface area contributed by atoms with Gasteiger partial charge in [-0.15, -0.1) is 0 Å². The van der Waals surface area contributed by atoms with Crippen LogP contribution >= 0.6 is 47.8 Å². The lowest BCUT2D eigenvalue weighted by Crippen LogP contribution is -2.22. The third-order valence-corrected chi connectivity index (χ3v) is 8.02. The molecule has 35 heavy (non-hydrogen) atoms. The number of nitrogens with zero attached hydrogens (tertiary/aromatic N) is 3. The lowest BCUT2D eigenvalue weighted by Gasteiger charge is -2.15. The quantitative estimate of drug-likeness (QED) is 0.199. The van der Waals surface area contributed by atoms with Crippen molar-refractivity contribution in [2.75, 3.05) is 7.11 Å². The average Bonchev–Trinajstić information content (AvgIpc) is 2.86. The molecule has 9 heteroatoms. The highest BCUT2D eigenvalue weighted by molar-refractivity contribution is 9.13. The van der Waals surface area contributed by atoms with Gasteiger partial charge in [0, 0.05) is 20.9 Å². The van der Waals surface area contributed by atoms with Crippen LogP contribution in [0.3, 0.4) is 0 Å². The van der Waals surface area contributed by atoms with Gasteiger partial charge in [0.2, 0.25) is 0 Å². The molecule has 0 aliphatic rings. The van der Waals surface area contributed by atoms with E-state index >= 15 is 0 Å². The van der Waals surface area contributed by atoms with Crippen LogP contribution in [-0.2, 0) is 13.0 Å². The first-order valence-corrected chi connectivity index (χ1v) is 13.2. The number of hydrogen-bond acceptors (Lipinski definition) is 5. The number of halogens is 3. The van der Waals surface area contributed by atoms with Crippen LogP contribution < -0.4 is 15.0 Å². The van der Waals surface area contributed by atoms with Gasteiger partial charge in [-0.25, -0.2) is 4.98 Å². The summed E-state index contributed by atoms with van der Waals surface area (Å²) in [5.41, 5.74) is 3.36. The van der Waals surface area contributed by atoms with E-state index in [-0.39, 0.29) is 5.56 Å². The van der Waals surface area contributed by atoms with Crippen LogP contribution in [0.4, 0.5) is 0 Å². The molecule has 1 aromatic heterocycles. The normalized spacial score (nSPS) is 11.4. The van der Waals surface area contributed by atoms with Crippen LogP contribution in [0.15, 0.2) is 71.8 Å². The van der Waals surface area contributed by atoms with Gasteiger partial charge in [-0.1, -0.05) is 52.7 Å². The lowest BCUT2D eigenvalue weighted by atomic mass is 10.1. The van der Waals surface area contributed by atoms with Gasteiger partial charge >= 0.3 is 0 Å². The first-order valence-electron chi connectivity index (χ1n) is 10.8. The molecule has 4 rings (SSSR count). The van der Waals surface area contributed by atoms with E-state index in [0.717, 1.165) is 14.5 Å². The van der Waals surface area contributed by atoms with Gasteiger partial charge in [0.15, 0.2) is 11.5 Å². The van der Waals surface area contributed by atoms with Crippen LogP contribution in [0.5, 0.6) is 11.5 Å². The average molecular weight is 664 g/mol. The molecule has 0 unspecified atom stereocenters. The zero-order valence-corrected chi connectivity index (χ0v) is 24.1. The molecule has 6 nitrogen and oxygen atoms in total. The number of ether oxygens (including phenoxy) is 2. The topological polar surface area (TPSA) is 65.7 Å². The summed E-state index contributed by atoms with van der Waals surface area (Å²) < 4.78 is 15.2. The van der Waals surface area contributed by atoms with Crippen LogP contribution in [0.1, 0.15) is 29.4 Å². The highest BCUT2D eigenvalue weighted by Crippen LogP contribution is 2.42. The minimum absolute atomic E-state index is 0.232. The largest absolute Gasteiger partial charge is 0.493 e. The SMILES string of the molecule is CCc1nc2ccc(Br)cc2c(=O)n1N=Cc1cc(OC)c(OCc2ccc(C)cc2)c(Br)c1Br. The maximum absolute atomic E-state index is 13.2. The van der Waals surface area contributed by atoms with Gasteiger partial charge in [-0.2, -0.15) is 9.78 Å². The van der Waals surface area contributed by atoms with E-state index in [0.29, 0.717) is 51.3 Å². The molecule has 0 saturated carbocycles. The number of hydrogen-bond donors (Lipinski definition) is 0. The van der Waals surface area contributed by atoms with Crippen molar-refractivity contribution in [3.05, 3.63) is 94.8 Å². The molecule has 0 saturated heterocycles. The van der Waals surface area contributed by atoms with E-state index in [9.17, 15) is 4.79 Å². The molecule has 180 valence electrons. The zero-order valence-electron chi connectivity index (χ0n) is 19.3. The van der Waals surface area contributed by atoms with E-state index in [1.54, 1.807) is 19.4 Å². The number of rotatable bonds is 7. The highest BCUT2D eigenvalue weighted by atomic mass is 79.9. The Morgan fingerprint density at radius 3 is 2.49 bits per heavy atom. The highest BCUT2D eigenvalue weighted by Gasteiger charge is 2.17. The summed E-state index contributed by atoms with van der Waals surface area (Å²) in [6.07, 6.45) is 2.16. The standard InChI is InChI=1S/C26H22Br3N3O3/c1-4-22-31-20-10-9-18(27)12-19(20)26(33)32(22)30-13-17-11-21(34-3)25(24(29)23(17)28)35-14-16-7-5-15(2)6-8-16/h5-13H,4,14H2,1-3H3. The van der Waals surface area contributed by atoms with Gasteiger partial charge < -0.3 is 9.47 Å². The molecule has 0 bridgehead atoms. The Morgan fingerprint density at radius 1 is 1.06 bits per heavy atom. The van der Waals surface area contributed by atoms with Crippen molar-refractivity contribution in [3.8, 4) is 11.5 Å². The summed E-state index contributed by atoms with van der Waals surface area (Å²) in [6, 6.07) is 15.4. The minimum Gasteiger partial charge on any atom is -0.493 e. The number of aromatic nitrogens is 2.